The molecule has 1 saturated carbocycles. The number of anilines is 1. The van der Waals surface area contributed by atoms with Crippen molar-refractivity contribution in [2.75, 3.05) is 5.32 Å². The molecule has 3 aromatic rings. The Bertz CT molecular complexity index is 823. The van der Waals surface area contributed by atoms with Crippen molar-refractivity contribution in [3.05, 3.63) is 35.7 Å². The number of nitrogens with zero attached hydrogens (tertiary/aromatic N) is 3. The summed E-state index contributed by atoms with van der Waals surface area (Å²) in [7, 11) is 0. The van der Waals surface area contributed by atoms with Crippen LogP contribution in [-0.2, 0) is 0 Å². The lowest BCUT2D eigenvalue weighted by Gasteiger charge is -2.23. The number of aromatic nitrogens is 4. The van der Waals surface area contributed by atoms with Gasteiger partial charge in [-0.1, -0.05) is 36.9 Å². The van der Waals surface area contributed by atoms with E-state index in [1.807, 2.05) is 24.4 Å². The van der Waals surface area contributed by atoms with Crippen LogP contribution in [0.15, 0.2) is 30.6 Å². The van der Waals surface area contributed by atoms with E-state index in [0.717, 1.165) is 28.2 Å². The molecule has 1 aliphatic carbocycles. The predicted molar refractivity (Wildman–Crippen MR) is 92.6 cm³/mol. The van der Waals surface area contributed by atoms with E-state index in [-0.39, 0.29) is 0 Å². The molecule has 3 heterocycles. The molecule has 0 amide bonds. The number of halogens is 1. The third-order valence-corrected chi connectivity index (χ3v) is 4.52. The van der Waals surface area contributed by atoms with Crippen molar-refractivity contribution in [1.29, 1.82) is 0 Å². The van der Waals surface area contributed by atoms with Crippen molar-refractivity contribution in [2.24, 2.45) is 0 Å². The Kier molecular flexibility index (Phi) is 3.87. The summed E-state index contributed by atoms with van der Waals surface area (Å²) in [5.41, 5.74) is 3.26. The van der Waals surface area contributed by atoms with Crippen LogP contribution in [0.2, 0.25) is 5.15 Å². The monoisotopic (exact) mass is 327 g/mol. The zero-order valence-electron chi connectivity index (χ0n) is 12.7. The van der Waals surface area contributed by atoms with Gasteiger partial charge in [0, 0.05) is 17.8 Å². The Morgan fingerprint density at radius 2 is 2.00 bits per heavy atom. The van der Waals surface area contributed by atoms with Crippen molar-refractivity contribution in [1.82, 2.24) is 19.9 Å². The minimum Gasteiger partial charge on any atom is -0.367 e. The van der Waals surface area contributed by atoms with Gasteiger partial charge in [0.15, 0.2) is 5.65 Å². The second-order valence-corrected chi connectivity index (χ2v) is 6.37. The van der Waals surface area contributed by atoms with Crippen LogP contribution in [-0.4, -0.2) is 26.0 Å². The number of rotatable bonds is 3. The molecule has 0 radical (unpaired) electrons. The first-order chi connectivity index (χ1) is 11.3. The molecule has 4 rings (SSSR count). The van der Waals surface area contributed by atoms with E-state index in [0.29, 0.717) is 11.2 Å². The van der Waals surface area contributed by atoms with Crippen LogP contribution in [0.5, 0.6) is 0 Å². The maximum absolute atomic E-state index is 5.97. The fourth-order valence-corrected chi connectivity index (χ4v) is 3.32. The lowest BCUT2D eigenvalue weighted by molar-refractivity contribution is 0.462. The number of hydrogen-bond donors (Lipinski definition) is 2. The number of hydrogen-bond acceptors (Lipinski definition) is 4. The highest BCUT2D eigenvalue weighted by Crippen LogP contribution is 2.27. The van der Waals surface area contributed by atoms with E-state index >= 15 is 0 Å². The molecule has 0 atom stereocenters. The molecule has 2 N–H and O–H groups in total. The average molecular weight is 328 g/mol. The second kappa shape index (κ2) is 6.16. The van der Waals surface area contributed by atoms with Crippen molar-refractivity contribution >= 4 is 28.6 Å². The fraction of sp³-hybridized carbons (Fsp3) is 0.353. The molecule has 0 aliphatic heterocycles. The first-order valence-corrected chi connectivity index (χ1v) is 8.41. The summed E-state index contributed by atoms with van der Waals surface area (Å²) in [6, 6.07) is 6.55. The molecule has 3 aromatic heterocycles. The number of pyridine rings is 1. The number of H-pyrrole nitrogens is 1. The van der Waals surface area contributed by atoms with Gasteiger partial charge in [-0.25, -0.2) is 15.0 Å². The van der Waals surface area contributed by atoms with E-state index in [1.54, 1.807) is 6.20 Å². The van der Waals surface area contributed by atoms with Crippen LogP contribution in [0.3, 0.4) is 0 Å². The van der Waals surface area contributed by atoms with Crippen LogP contribution in [0.4, 0.5) is 5.82 Å². The quantitative estimate of drug-likeness (QED) is 0.747. The Balaban J connectivity index is 1.65. The molecule has 1 fully saturated rings. The van der Waals surface area contributed by atoms with Gasteiger partial charge in [-0.2, -0.15) is 0 Å². The molecule has 5 nitrogen and oxygen atoms in total. The number of aromatic amines is 1. The number of nitrogens with one attached hydrogen (secondary N) is 2. The molecule has 0 bridgehead atoms. The molecule has 0 aromatic carbocycles. The van der Waals surface area contributed by atoms with E-state index in [9.17, 15) is 0 Å². The SMILES string of the molecule is Clc1cnc2[nH]cc(-c3cccc(NC4CCCCC4)n3)c2n1. The summed E-state index contributed by atoms with van der Waals surface area (Å²) in [5, 5.41) is 3.94. The summed E-state index contributed by atoms with van der Waals surface area (Å²) in [6.07, 6.45) is 9.81. The summed E-state index contributed by atoms with van der Waals surface area (Å²) >= 11 is 5.97. The zero-order chi connectivity index (χ0) is 15.6. The topological polar surface area (TPSA) is 66.5 Å². The Morgan fingerprint density at radius 3 is 2.87 bits per heavy atom. The molecule has 118 valence electrons. The van der Waals surface area contributed by atoms with Gasteiger partial charge in [0.05, 0.1) is 11.9 Å². The van der Waals surface area contributed by atoms with E-state index in [4.69, 9.17) is 16.6 Å². The highest BCUT2D eigenvalue weighted by molar-refractivity contribution is 6.29. The Labute approximate surface area is 139 Å². The smallest absolute Gasteiger partial charge is 0.156 e. The third kappa shape index (κ3) is 3.01. The molecule has 0 unspecified atom stereocenters. The maximum atomic E-state index is 5.97. The molecule has 1 aliphatic rings. The van der Waals surface area contributed by atoms with Crippen LogP contribution >= 0.6 is 11.6 Å². The predicted octanol–water partition coefficient (Wildman–Crippen LogP) is 4.42. The van der Waals surface area contributed by atoms with Crippen LogP contribution in [0.25, 0.3) is 22.4 Å². The van der Waals surface area contributed by atoms with Crippen LogP contribution < -0.4 is 5.32 Å². The largest absolute Gasteiger partial charge is 0.367 e. The minimum atomic E-state index is 0.384. The third-order valence-electron chi connectivity index (χ3n) is 4.33. The fourth-order valence-electron chi connectivity index (χ4n) is 3.19. The lowest BCUT2D eigenvalue weighted by atomic mass is 9.95. The van der Waals surface area contributed by atoms with Gasteiger partial charge in [-0.3, -0.25) is 0 Å². The highest BCUT2D eigenvalue weighted by atomic mass is 35.5. The first kappa shape index (κ1) is 14.5. The normalized spacial score (nSPS) is 15.9. The lowest BCUT2D eigenvalue weighted by Crippen LogP contribution is -2.22. The molecule has 6 heteroatoms. The summed E-state index contributed by atoms with van der Waals surface area (Å²) < 4.78 is 0. The van der Waals surface area contributed by atoms with Gasteiger partial charge in [-0.05, 0) is 25.0 Å². The van der Waals surface area contributed by atoms with Crippen molar-refractivity contribution < 1.29 is 0 Å². The van der Waals surface area contributed by atoms with Crippen LogP contribution in [0.1, 0.15) is 32.1 Å². The van der Waals surface area contributed by atoms with Gasteiger partial charge >= 0.3 is 0 Å². The highest BCUT2D eigenvalue weighted by Gasteiger charge is 2.15. The van der Waals surface area contributed by atoms with Gasteiger partial charge in [0.1, 0.15) is 16.5 Å². The zero-order valence-corrected chi connectivity index (χ0v) is 13.5. The van der Waals surface area contributed by atoms with Crippen molar-refractivity contribution in [3.8, 4) is 11.3 Å². The Hall–Kier alpha value is -2.14. The van der Waals surface area contributed by atoms with Gasteiger partial charge in [-0.15, -0.1) is 0 Å². The molecule has 0 saturated heterocycles. The molecular formula is C17H18ClN5. The van der Waals surface area contributed by atoms with E-state index in [2.05, 4.69) is 20.3 Å². The van der Waals surface area contributed by atoms with Crippen LogP contribution in [0, 0.1) is 0 Å². The number of fused-ring (bicyclic) bond motifs is 1. The summed E-state index contributed by atoms with van der Waals surface area (Å²) in [6.45, 7) is 0. The Morgan fingerprint density at radius 1 is 1.13 bits per heavy atom. The van der Waals surface area contributed by atoms with Gasteiger partial charge in [0.25, 0.3) is 0 Å². The first-order valence-electron chi connectivity index (χ1n) is 8.03. The molecule has 23 heavy (non-hydrogen) atoms. The second-order valence-electron chi connectivity index (χ2n) is 5.98. The van der Waals surface area contributed by atoms with Gasteiger partial charge in [0.2, 0.25) is 0 Å². The molecular weight excluding hydrogens is 310 g/mol. The van der Waals surface area contributed by atoms with Crippen molar-refractivity contribution in [3.63, 3.8) is 0 Å². The molecule has 0 spiro atoms. The summed E-state index contributed by atoms with van der Waals surface area (Å²) in [5.74, 6) is 0.915. The summed E-state index contributed by atoms with van der Waals surface area (Å²) in [4.78, 5) is 16.5. The van der Waals surface area contributed by atoms with Gasteiger partial charge < -0.3 is 10.3 Å². The minimum absolute atomic E-state index is 0.384. The van der Waals surface area contributed by atoms with E-state index in [1.165, 1.54) is 32.1 Å². The van der Waals surface area contributed by atoms with Crippen molar-refractivity contribution in [2.45, 2.75) is 38.1 Å². The average Bonchev–Trinajstić information content (AvgIpc) is 2.99. The van der Waals surface area contributed by atoms with E-state index < -0.39 is 0 Å². The maximum Gasteiger partial charge on any atom is 0.156 e. The standard InChI is InChI=1S/C17H18ClN5/c18-14-10-20-17-16(23-14)12(9-19-17)13-7-4-8-15(22-13)21-11-5-2-1-3-6-11/h4,7-11H,1-3,5-6H2,(H,19,20)(H,21,22).